The van der Waals surface area contributed by atoms with Crippen molar-refractivity contribution in [3.05, 3.63) is 29.8 Å². The summed E-state index contributed by atoms with van der Waals surface area (Å²) >= 11 is 0. The molecule has 0 unspecified atom stereocenters. The Morgan fingerprint density at radius 2 is 1.63 bits per heavy atom. The molecule has 0 saturated heterocycles. The molecule has 0 saturated carbocycles. The van der Waals surface area contributed by atoms with Crippen molar-refractivity contribution in [1.82, 2.24) is 5.32 Å². The van der Waals surface area contributed by atoms with Crippen LogP contribution in [0.3, 0.4) is 0 Å². The number of benzene rings is 1. The largest absolute Gasteiger partial charge is 0.413 e. The number of rotatable bonds is 3. The number of ether oxygens (including phenoxy) is 1. The molecule has 0 radical (unpaired) electrons. The summed E-state index contributed by atoms with van der Waals surface area (Å²) in [5, 5.41) is 2.76. The van der Waals surface area contributed by atoms with E-state index in [0.717, 1.165) is 6.42 Å². The molecule has 0 heterocycles. The van der Waals surface area contributed by atoms with E-state index in [4.69, 9.17) is 4.74 Å². The van der Waals surface area contributed by atoms with E-state index in [0.29, 0.717) is 5.75 Å². The molecule has 19 heavy (non-hydrogen) atoms. The van der Waals surface area contributed by atoms with Crippen LogP contribution in [-0.4, -0.2) is 11.6 Å². The molecule has 0 bridgehead atoms. The SMILES string of the molecule is CCC(C)(C)c1ccc(OC(=O)NC(C)(C)C)cc1. The molecule has 0 aliphatic carbocycles. The van der Waals surface area contributed by atoms with Gasteiger partial charge in [-0.05, 0) is 50.3 Å². The Kier molecular flexibility index (Phi) is 4.61. The van der Waals surface area contributed by atoms with Gasteiger partial charge in [-0.3, -0.25) is 0 Å². The summed E-state index contributed by atoms with van der Waals surface area (Å²) in [5.41, 5.74) is 1.10. The maximum Gasteiger partial charge on any atom is 0.413 e. The van der Waals surface area contributed by atoms with E-state index in [1.54, 1.807) is 0 Å². The van der Waals surface area contributed by atoms with Crippen LogP contribution in [0.15, 0.2) is 24.3 Å². The van der Waals surface area contributed by atoms with E-state index in [9.17, 15) is 4.79 Å². The highest BCUT2D eigenvalue weighted by molar-refractivity contribution is 5.71. The van der Waals surface area contributed by atoms with Crippen LogP contribution in [0.2, 0.25) is 0 Å². The van der Waals surface area contributed by atoms with Crippen molar-refractivity contribution in [1.29, 1.82) is 0 Å². The first-order valence-electron chi connectivity index (χ1n) is 6.74. The van der Waals surface area contributed by atoms with Gasteiger partial charge in [-0.25, -0.2) is 4.79 Å². The van der Waals surface area contributed by atoms with Gasteiger partial charge in [0.2, 0.25) is 0 Å². The summed E-state index contributed by atoms with van der Waals surface area (Å²) in [6.07, 6.45) is 0.646. The molecule has 1 rings (SSSR count). The van der Waals surface area contributed by atoms with Gasteiger partial charge in [-0.2, -0.15) is 0 Å². The van der Waals surface area contributed by atoms with Gasteiger partial charge in [0, 0.05) is 5.54 Å². The van der Waals surface area contributed by atoms with Gasteiger partial charge in [0.25, 0.3) is 0 Å². The lowest BCUT2D eigenvalue weighted by molar-refractivity contribution is 0.190. The first-order valence-corrected chi connectivity index (χ1v) is 6.74. The number of hydrogen-bond donors (Lipinski definition) is 1. The molecule has 1 aromatic carbocycles. The monoisotopic (exact) mass is 263 g/mol. The second kappa shape index (κ2) is 5.64. The molecule has 3 nitrogen and oxygen atoms in total. The molecule has 106 valence electrons. The fourth-order valence-electron chi connectivity index (χ4n) is 1.62. The summed E-state index contributed by atoms with van der Waals surface area (Å²) in [6.45, 7) is 12.3. The second-order valence-corrected chi connectivity index (χ2v) is 6.53. The van der Waals surface area contributed by atoms with Crippen molar-refractivity contribution in [2.75, 3.05) is 0 Å². The highest BCUT2D eigenvalue weighted by Crippen LogP contribution is 2.28. The predicted molar refractivity (Wildman–Crippen MR) is 78.7 cm³/mol. The molecular formula is C16H25NO2. The van der Waals surface area contributed by atoms with Gasteiger partial charge in [-0.15, -0.1) is 0 Å². The topological polar surface area (TPSA) is 38.3 Å². The maximum absolute atomic E-state index is 11.6. The number of nitrogens with one attached hydrogen (secondary N) is 1. The average Bonchev–Trinajstić information content (AvgIpc) is 2.27. The summed E-state index contributed by atoms with van der Waals surface area (Å²) in [5.74, 6) is 0.567. The standard InChI is InChI=1S/C16H25NO2/c1-7-16(5,6)12-8-10-13(11-9-12)19-14(18)17-15(2,3)4/h8-11H,7H2,1-6H3,(H,17,18). The van der Waals surface area contributed by atoms with Crippen molar-refractivity contribution < 1.29 is 9.53 Å². The average molecular weight is 263 g/mol. The molecule has 0 atom stereocenters. The van der Waals surface area contributed by atoms with Crippen molar-refractivity contribution >= 4 is 6.09 Å². The molecule has 0 aliphatic rings. The lowest BCUT2D eigenvalue weighted by Crippen LogP contribution is -2.42. The smallest absolute Gasteiger partial charge is 0.410 e. The Hall–Kier alpha value is -1.51. The van der Waals surface area contributed by atoms with Crippen LogP contribution in [0.1, 0.15) is 53.5 Å². The fraction of sp³-hybridized carbons (Fsp3) is 0.562. The Morgan fingerprint density at radius 3 is 2.05 bits per heavy atom. The molecule has 1 N–H and O–H groups in total. The minimum absolute atomic E-state index is 0.145. The van der Waals surface area contributed by atoms with Gasteiger partial charge in [0.1, 0.15) is 5.75 Å². The van der Waals surface area contributed by atoms with Crippen LogP contribution in [0.4, 0.5) is 4.79 Å². The van der Waals surface area contributed by atoms with Gasteiger partial charge in [-0.1, -0.05) is 32.9 Å². The van der Waals surface area contributed by atoms with E-state index < -0.39 is 6.09 Å². The molecule has 0 fully saturated rings. The van der Waals surface area contributed by atoms with Crippen LogP contribution in [-0.2, 0) is 5.41 Å². The number of amides is 1. The third kappa shape index (κ3) is 4.93. The zero-order chi connectivity index (χ0) is 14.7. The minimum Gasteiger partial charge on any atom is -0.410 e. The molecule has 1 amide bonds. The Morgan fingerprint density at radius 1 is 1.11 bits per heavy atom. The summed E-state index contributed by atoms with van der Waals surface area (Å²) in [6, 6.07) is 7.72. The molecule has 0 aliphatic heterocycles. The van der Waals surface area contributed by atoms with Crippen molar-refractivity contribution in [2.45, 2.75) is 58.9 Å². The van der Waals surface area contributed by atoms with E-state index >= 15 is 0 Å². The Balaban J connectivity index is 2.70. The maximum atomic E-state index is 11.6. The molecular weight excluding hydrogens is 238 g/mol. The lowest BCUT2D eigenvalue weighted by Gasteiger charge is -2.23. The van der Waals surface area contributed by atoms with Gasteiger partial charge in [0.05, 0.1) is 0 Å². The highest BCUT2D eigenvalue weighted by Gasteiger charge is 2.18. The normalized spacial score (nSPS) is 12.1. The minimum atomic E-state index is -0.421. The van der Waals surface area contributed by atoms with Crippen LogP contribution < -0.4 is 10.1 Å². The fourth-order valence-corrected chi connectivity index (χ4v) is 1.62. The quantitative estimate of drug-likeness (QED) is 0.884. The van der Waals surface area contributed by atoms with E-state index in [1.165, 1.54) is 5.56 Å². The molecule has 3 heteroatoms. The number of carbonyl (C=O) groups is 1. The number of carbonyl (C=O) groups excluding carboxylic acids is 1. The highest BCUT2D eigenvalue weighted by atomic mass is 16.6. The van der Waals surface area contributed by atoms with Gasteiger partial charge in [0.15, 0.2) is 0 Å². The third-order valence-electron chi connectivity index (χ3n) is 3.21. The van der Waals surface area contributed by atoms with Crippen molar-refractivity contribution in [3.63, 3.8) is 0 Å². The number of hydrogen-bond acceptors (Lipinski definition) is 2. The van der Waals surface area contributed by atoms with Crippen LogP contribution in [0, 0.1) is 0 Å². The Labute approximate surface area is 116 Å². The van der Waals surface area contributed by atoms with Gasteiger partial charge < -0.3 is 10.1 Å². The van der Waals surface area contributed by atoms with E-state index in [1.807, 2.05) is 45.0 Å². The third-order valence-corrected chi connectivity index (χ3v) is 3.21. The zero-order valence-corrected chi connectivity index (χ0v) is 12.8. The van der Waals surface area contributed by atoms with E-state index in [2.05, 4.69) is 26.1 Å². The first-order chi connectivity index (χ1) is 8.64. The van der Waals surface area contributed by atoms with Crippen molar-refractivity contribution in [2.24, 2.45) is 0 Å². The summed E-state index contributed by atoms with van der Waals surface area (Å²) in [4.78, 5) is 11.6. The molecule has 0 spiro atoms. The summed E-state index contributed by atoms with van der Waals surface area (Å²) in [7, 11) is 0. The zero-order valence-electron chi connectivity index (χ0n) is 12.8. The van der Waals surface area contributed by atoms with Crippen LogP contribution in [0.25, 0.3) is 0 Å². The summed E-state index contributed by atoms with van der Waals surface area (Å²) < 4.78 is 5.24. The van der Waals surface area contributed by atoms with Crippen LogP contribution >= 0.6 is 0 Å². The van der Waals surface area contributed by atoms with Gasteiger partial charge >= 0.3 is 6.09 Å². The van der Waals surface area contributed by atoms with Crippen LogP contribution in [0.5, 0.6) is 5.75 Å². The predicted octanol–water partition coefficient (Wildman–Crippen LogP) is 4.26. The second-order valence-electron chi connectivity index (χ2n) is 6.53. The lowest BCUT2D eigenvalue weighted by atomic mass is 9.82. The molecule has 0 aromatic heterocycles. The molecule has 1 aromatic rings. The Bertz CT molecular complexity index is 427. The van der Waals surface area contributed by atoms with Crippen molar-refractivity contribution in [3.8, 4) is 5.75 Å². The van der Waals surface area contributed by atoms with E-state index in [-0.39, 0.29) is 11.0 Å². The first kappa shape index (κ1) is 15.5.